The maximum Gasteiger partial charge on any atom is 0.338 e. The molecule has 0 aliphatic heterocycles. The Kier molecular flexibility index (Phi) is 3.97. The molecule has 0 atom stereocenters. The lowest BCUT2D eigenvalue weighted by atomic mass is 10.1. The molecule has 0 saturated carbocycles. The molecule has 0 bridgehead atoms. The van der Waals surface area contributed by atoms with Gasteiger partial charge in [0.2, 0.25) is 0 Å². The summed E-state index contributed by atoms with van der Waals surface area (Å²) in [7, 11) is 0. The smallest absolute Gasteiger partial charge is 0.338 e. The Bertz CT molecular complexity index is 796. The van der Waals surface area contributed by atoms with Crippen molar-refractivity contribution < 1.29 is 9.53 Å². The molecule has 0 aliphatic rings. The van der Waals surface area contributed by atoms with E-state index in [-0.39, 0.29) is 12.6 Å². The van der Waals surface area contributed by atoms with E-state index in [2.05, 4.69) is 15.1 Å². The molecular weight excluding hydrogens is 300 g/mol. The van der Waals surface area contributed by atoms with Crippen LogP contribution in [0.4, 0.5) is 0 Å². The van der Waals surface area contributed by atoms with Gasteiger partial charge in [0.1, 0.15) is 19.3 Å². The van der Waals surface area contributed by atoms with E-state index in [1.54, 1.807) is 28.7 Å². The number of hydrogen-bond acceptors (Lipinski definition) is 6. The van der Waals surface area contributed by atoms with E-state index < -0.39 is 0 Å². The quantitative estimate of drug-likeness (QED) is 0.692. The molecule has 0 fully saturated rings. The minimum atomic E-state index is -0.346. The SMILES string of the molecule is Cc1cc(C(=O)OCc2scnc2C)ccc1-n1cncn1. The van der Waals surface area contributed by atoms with Crippen molar-refractivity contribution in [3.8, 4) is 5.69 Å². The summed E-state index contributed by atoms with van der Waals surface area (Å²) < 4.78 is 6.99. The Morgan fingerprint density at radius 1 is 1.36 bits per heavy atom. The number of ether oxygens (including phenoxy) is 1. The van der Waals surface area contributed by atoms with Crippen molar-refractivity contribution in [3.05, 3.63) is 58.1 Å². The summed E-state index contributed by atoms with van der Waals surface area (Å²) in [5.41, 5.74) is 4.97. The van der Waals surface area contributed by atoms with Gasteiger partial charge >= 0.3 is 5.97 Å². The van der Waals surface area contributed by atoms with E-state index in [1.807, 2.05) is 19.9 Å². The molecule has 2 aromatic heterocycles. The largest absolute Gasteiger partial charge is 0.456 e. The predicted molar refractivity (Wildman–Crippen MR) is 82.1 cm³/mol. The van der Waals surface area contributed by atoms with Crippen LogP contribution in [0.25, 0.3) is 5.69 Å². The molecule has 0 saturated heterocycles. The van der Waals surface area contributed by atoms with Crippen LogP contribution in [-0.4, -0.2) is 25.7 Å². The van der Waals surface area contributed by atoms with Gasteiger partial charge in [0.05, 0.1) is 27.3 Å². The lowest BCUT2D eigenvalue weighted by molar-refractivity contribution is 0.0476. The fourth-order valence-corrected chi connectivity index (χ4v) is 2.74. The van der Waals surface area contributed by atoms with Crippen LogP contribution in [0, 0.1) is 13.8 Å². The number of hydrogen-bond donors (Lipinski definition) is 0. The second kappa shape index (κ2) is 6.07. The second-order valence-corrected chi connectivity index (χ2v) is 5.72. The average Bonchev–Trinajstić information content (AvgIpc) is 3.16. The molecule has 0 amide bonds. The van der Waals surface area contributed by atoms with Crippen molar-refractivity contribution in [1.82, 2.24) is 19.7 Å². The number of aryl methyl sites for hydroxylation is 2. The molecule has 2 heterocycles. The number of nitrogens with zero attached hydrogens (tertiary/aromatic N) is 4. The van der Waals surface area contributed by atoms with Crippen LogP contribution in [-0.2, 0) is 11.3 Å². The number of rotatable bonds is 4. The summed E-state index contributed by atoms with van der Waals surface area (Å²) in [6.45, 7) is 4.07. The number of carbonyl (C=O) groups is 1. The van der Waals surface area contributed by atoms with Gasteiger partial charge in [0.15, 0.2) is 0 Å². The fraction of sp³-hybridized carbons (Fsp3) is 0.200. The molecule has 0 spiro atoms. The van der Waals surface area contributed by atoms with Gasteiger partial charge < -0.3 is 4.74 Å². The van der Waals surface area contributed by atoms with E-state index in [0.29, 0.717) is 5.56 Å². The summed E-state index contributed by atoms with van der Waals surface area (Å²) in [6.07, 6.45) is 3.09. The Labute approximate surface area is 131 Å². The first-order valence-corrected chi connectivity index (χ1v) is 7.55. The van der Waals surface area contributed by atoms with E-state index in [4.69, 9.17) is 4.74 Å². The molecule has 1 aromatic carbocycles. The van der Waals surface area contributed by atoms with Crippen LogP contribution < -0.4 is 0 Å². The maximum absolute atomic E-state index is 12.1. The first kappa shape index (κ1) is 14.4. The summed E-state index contributed by atoms with van der Waals surface area (Å²) in [5.74, 6) is -0.346. The van der Waals surface area contributed by atoms with Crippen molar-refractivity contribution >= 4 is 17.3 Å². The topological polar surface area (TPSA) is 69.9 Å². The molecule has 0 aliphatic carbocycles. The van der Waals surface area contributed by atoms with Crippen molar-refractivity contribution in [2.24, 2.45) is 0 Å². The minimum absolute atomic E-state index is 0.249. The van der Waals surface area contributed by atoms with Gasteiger partial charge in [0, 0.05) is 0 Å². The summed E-state index contributed by atoms with van der Waals surface area (Å²) in [6, 6.07) is 5.35. The molecule has 0 N–H and O–H groups in total. The third-order valence-electron chi connectivity index (χ3n) is 3.28. The summed E-state index contributed by atoms with van der Waals surface area (Å²) >= 11 is 1.48. The standard InChI is InChI=1S/C15H14N4O2S/c1-10-5-12(3-4-13(10)19-8-16-7-18-19)15(20)21-6-14-11(2)17-9-22-14/h3-5,7-9H,6H2,1-2H3. The van der Waals surface area contributed by atoms with Crippen LogP contribution in [0.15, 0.2) is 36.4 Å². The lowest BCUT2D eigenvalue weighted by Crippen LogP contribution is -2.07. The van der Waals surface area contributed by atoms with Crippen molar-refractivity contribution in [2.75, 3.05) is 0 Å². The first-order valence-electron chi connectivity index (χ1n) is 6.67. The van der Waals surface area contributed by atoms with E-state index >= 15 is 0 Å². The van der Waals surface area contributed by atoms with Crippen LogP contribution in [0.1, 0.15) is 26.5 Å². The molecule has 3 aromatic rings. The van der Waals surface area contributed by atoms with Crippen molar-refractivity contribution in [1.29, 1.82) is 0 Å². The van der Waals surface area contributed by atoms with E-state index in [0.717, 1.165) is 21.8 Å². The second-order valence-electron chi connectivity index (χ2n) is 4.78. The third kappa shape index (κ3) is 2.89. The predicted octanol–water partition coefficient (Wildman–Crippen LogP) is 2.70. The van der Waals surface area contributed by atoms with Gasteiger partial charge in [-0.15, -0.1) is 11.3 Å². The Morgan fingerprint density at radius 3 is 2.86 bits per heavy atom. The summed E-state index contributed by atoms with van der Waals surface area (Å²) in [5, 5.41) is 4.09. The maximum atomic E-state index is 12.1. The fourth-order valence-electron chi connectivity index (χ4n) is 2.05. The van der Waals surface area contributed by atoms with Gasteiger partial charge in [-0.2, -0.15) is 5.10 Å². The van der Waals surface area contributed by atoms with Crippen molar-refractivity contribution in [2.45, 2.75) is 20.5 Å². The lowest BCUT2D eigenvalue weighted by Gasteiger charge is -2.08. The number of benzene rings is 1. The zero-order chi connectivity index (χ0) is 15.5. The molecular formula is C15H14N4O2S. The minimum Gasteiger partial charge on any atom is -0.456 e. The molecule has 3 rings (SSSR count). The molecule has 7 heteroatoms. The van der Waals surface area contributed by atoms with Gasteiger partial charge in [-0.1, -0.05) is 0 Å². The van der Waals surface area contributed by atoms with E-state index in [1.165, 1.54) is 17.7 Å². The van der Waals surface area contributed by atoms with E-state index in [9.17, 15) is 4.79 Å². The van der Waals surface area contributed by atoms with Gasteiger partial charge in [-0.3, -0.25) is 0 Å². The highest BCUT2D eigenvalue weighted by Gasteiger charge is 2.12. The highest BCUT2D eigenvalue weighted by atomic mass is 32.1. The molecule has 22 heavy (non-hydrogen) atoms. The number of thiazole rings is 1. The van der Waals surface area contributed by atoms with Crippen LogP contribution >= 0.6 is 11.3 Å². The molecule has 0 radical (unpaired) electrons. The molecule has 6 nitrogen and oxygen atoms in total. The molecule has 0 unspecified atom stereocenters. The van der Waals surface area contributed by atoms with Crippen LogP contribution in [0.2, 0.25) is 0 Å². The number of carbonyl (C=O) groups excluding carboxylic acids is 1. The van der Waals surface area contributed by atoms with Crippen molar-refractivity contribution in [3.63, 3.8) is 0 Å². The van der Waals surface area contributed by atoms with Gasteiger partial charge in [-0.25, -0.2) is 19.4 Å². The highest BCUT2D eigenvalue weighted by Crippen LogP contribution is 2.17. The third-order valence-corrected chi connectivity index (χ3v) is 4.19. The van der Waals surface area contributed by atoms with Gasteiger partial charge in [0.25, 0.3) is 0 Å². The monoisotopic (exact) mass is 314 g/mol. The highest BCUT2D eigenvalue weighted by molar-refractivity contribution is 7.09. The Balaban J connectivity index is 1.73. The number of aromatic nitrogens is 4. The first-order chi connectivity index (χ1) is 10.6. The zero-order valence-electron chi connectivity index (χ0n) is 12.2. The summed E-state index contributed by atoms with van der Waals surface area (Å²) in [4.78, 5) is 21.1. The van der Waals surface area contributed by atoms with Crippen LogP contribution in [0.3, 0.4) is 0 Å². The number of esters is 1. The normalized spacial score (nSPS) is 10.6. The average molecular weight is 314 g/mol. The van der Waals surface area contributed by atoms with Gasteiger partial charge in [-0.05, 0) is 37.6 Å². The Morgan fingerprint density at radius 2 is 2.23 bits per heavy atom. The molecule has 112 valence electrons. The zero-order valence-corrected chi connectivity index (χ0v) is 13.0. The van der Waals surface area contributed by atoms with Crippen LogP contribution in [0.5, 0.6) is 0 Å². The Hall–Kier alpha value is -2.54.